The molecule has 0 aliphatic rings. The minimum Gasteiger partial charge on any atom is -0.461 e. The number of carbonyl (C=O) groups excluding carboxylic acids is 1. The van der Waals surface area contributed by atoms with Crippen molar-refractivity contribution in [3.63, 3.8) is 0 Å². The van der Waals surface area contributed by atoms with Gasteiger partial charge in [-0.15, -0.1) is 5.10 Å². The van der Waals surface area contributed by atoms with E-state index in [1.165, 1.54) is 6.07 Å². The Morgan fingerprint density at radius 1 is 1.42 bits per heavy atom. The zero-order valence-electron chi connectivity index (χ0n) is 10.3. The molecular formula is C12H11FN2O3S. The van der Waals surface area contributed by atoms with Crippen LogP contribution in [-0.4, -0.2) is 22.8 Å². The Balaban J connectivity index is 2.15. The fourth-order valence-corrected chi connectivity index (χ4v) is 1.91. The molecule has 0 saturated carbocycles. The van der Waals surface area contributed by atoms with Crippen molar-refractivity contribution in [3.05, 3.63) is 34.6 Å². The third-order valence-corrected chi connectivity index (χ3v) is 2.92. The molecule has 1 heterocycles. The van der Waals surface area contributed by atoms with E-state index in [2.05, 4.69) is 10.2 Å². The molecule has 0 unspecified atom stereocenters. The van der Waals surface area contributed by atoms with Crippen LogP contribution in [0.2, 0.25) is 0 Å². The quantitative estimate of drug-likeness (QED) is 0.807. The van der Waals surface area contributed by atoms with Gasteiger partial charge in [0.1, 0.15) is 0 Å². The molecular weight excluding hydrogens is 271 g/mol. The molecule has 0 aliphatic carbocycles. The number of benzene rings is 1. The second kappa shape index (κ2) is 5.75. The second-order valence-electron chi connectivity index (χ2n) is 3.63. The highest BCUT2D eigenvalue weighted by molar-refractivity contribution is 7.14. The maximum atomic E-state index is 13.5. The highest BCUT2D eigenvalue weighted by Crippen LogP contribution is 2.28. The Bertz CT molecular complexity index is 600. The molecule has 0 aliphatic heterocycles. The van der Waals surface area contributed by atoms with Gasteiger partial charge in [-0.2, -0.15) is 0 Å². The van der Waals surface area contributed by atoms with Crippen LogP contribution in [0.25, 0.3) is 0 Å². The summed E-state index contributed by atoms with van der Waals surface area (Å²) in [5.41, 5.74) is 0.853. The molecule has 0 bridgehead atoms. The van der Waals surface area contributed by atoms with Gasteiger partial charge >= 0.3 is 5.97 Å². The predicted molar refractivity (Wildman–Crippen MR) is 67.1 cm³/mol. The number of aryl methyl sites for hydroxylation is 1. The summed E-state index contributed by atoms with van der Waals surface area (Å²) in [7, 11) is 0. The van der Waals surface area contributed by atoms with Gasteiger partial charge in [0.15, 0.2) is 11.6 Å². The molecule has 0 spiro atoms. The van der Waals surface area contributed by atoms with Gasteiger partial charge in [0.05, 0.1) is 6.61 Å². The molecule has 0 saturated heterocycles. The van der Waals surface area contributed by atoms with Crippen LogP contribution in [0.5, 0.6) is 10.9 Å². The maximum absolute atomic E-state index is 13.5. The van der Waals surface area contributed by atoms with Gasteiger partial charge in [-0.3, -0.25) is 0 Å². The number of rotatable bonds is 4. The molecule has 5 nitrogen and oxygen atoms in total. The zero-order valence-corrected chi connectivity index (χ0v) is 11.2. The first kappa shape index (κ1) is 13.4. The van der Waals surface area contributed by atoms with Gasteiger partial charge in [-0.25, -0.2) is 9.18 Å². The molecule has 1 aromatic carbocycles. The summed E-state index contributed by atoms with van der Waals surface area (Å²) in [5.74, 6) is -1.02. The monoisotopic (exact) mass is 282 g/mol. The van der Waals surface area contributed by atoms with E-state index in [0.29, 0.717) is 0 Å². The minimum atomic E-state index is -0.570. The lowest BCUT2D eigenvalue weighted by molar-refractivity contribution is 0.0525. The number of carbonyl (C=O) groups is 1. The van der Waals surface area contributed by atoms with E-state index >= 15 is 0 Å². The number of aromatic nitrogens is 2. The first-order chi connectivity index (χ1) is 9.10. The molecule has 0 amide bonds. The Morgan fingerprint density at radius 3 is 2.95 bits per heavy atom. The second-order valence-corrected chi connectivity index (χ2v) is 4.57. The lowest BCUT2D eigenvalue weighted by atomic mass is 10.2. The average molecular weight is 282 g/mol. The summed E-state index contributed by atoms with van der Waals surface area (Å²) in [6.45, 7) is 3.76. The van der Waals surface area contributed by atoms with Crippen molar-refractivity contribution < 1.29 is 18.7 Å². The minimum absolute atomic E-state index is 0.0477. The van der Waals surface area contributed by atoms with Gasteiger partial charge in [-0.1, -0.05) is 11.2 Å². The van der Waals surface area contributed by atoms with Crippen LogP contribution in [-0.2, 0) is 4.74 Å². The predicted octanol–water partition coefficient (Wildman–Crippen LogP) is 2.95. The molecule has 0 radical (unpaired) electrons. The summed E-state index contributed by atoms with van der Waals surface area (Å²) in [4.78, 5) is 11.4. The van der Waals surface area contributed by atoms with Crippen LogP contribution in [0.4, 0.5) is 4.39 Å². The lowest BCUT2D eigenvalue weighted by Crippen LogP contribution is -2.03. The van der Waals surface area contributed by atoms with Gasteiger partial charge < -0.3 is 9.47 Å². The van der Waals surface area contributed by atoms with Crippen molar-refractivity contribution in [1.82, 2.24) is 10.2 Å². The van der Waals surface area contributed by atoms with E-state index in [4.69, 9.17) is 9.47 Å². The highest BCUT2D eigenvalue weighted by Gasteiger charge is 2.16. The number of hydrogen-bond acceptors (Lipinski definition) is 6. The Morgan fingerprint density at radius 2 is 2.21 bits per heavy atom. The van der Waals surface area contributed by atoms with E-state index < -0.39 is 11.8 Å². The summed E-state index contributed by atoms with van der Waals surface area (Å²) in [5, 5.41) is 7.46. The lowest BCUT2D eigenvalue weighted by Gasteiger charge is -2.03. The molecule has 0 atom stereocenters. The zero-order chi connectivity index (χ0) is 13.8. The van der Waals surface area contributed by atoms with Crippen molar-refractivity contribution in [2.75, 3.05) is 6.61 Å². The van der Waals surface area contributed by atoms with E-state index in [1.807, 2.05) is 6.92 Å². The van der Waals surface area contributed by atoms with Gasteiger partial charge in [0, 0.05) is 0 Å². The summed E-state index contributed by atoms with van der Waals surface area (Å²) < 4.78 is 23.5. The average Bonchev–Trinajstić information content (AvgIpc) is 2.83. The van der Waals surface area contributed by atoms with Crippen LogP contribution >= 0.6 is 11.3 Å². The van der Waals surface area contributed by atoms with Gasteiger partial charge in [0.2, 0.25) is 5.01 Å². The van der Waals surface area contributed by atoms with Crippen LogP contribution in [0.1, 0.15) is 22.3 Å². The fraction of sp³-hybridized carbons (Fsp3) is 0.250. The number of nitrogens with zero attached hydrogens (tertiary/aromatic N) is 2. The molecule has 19 heavy (non-hydrogen) atoms. The number of esters is 1. The third kappa shape index (κ3) is 3.25. The third-order valence-electron chi connectivity index (χ3n) is 2.14. The van der Waals surface area contributed by atoms with Crippen molar-refractivity contribution in [1.29, 1.82) is 0 Å². The summed E-state index contributed by atoms with van der Waals surface area (Å²) in [6.07, 6.45) is 0. The molecule has 2 aromatic rings. The van der Waals surface area contributed by atoms with E-state index in [0.717, 1.165) is 16.9 Å². The smallest absolute Gasteiger partial charge is 0.369 e. The molecule has 1 aromatic heterocycles. The van der Waals surface area contributed by atoms with Gasteiger partial charge in [-0.05, 0) is 42.9 Å². The molecule has 7 heteroatoms. The first-order valence-corrected chi connectivity index (χ1v) is 6.36. The number of ether oxygens (including phenoxy) is 2. The normalized spacial score (nSPS) is 10.3. The van der Waals surface area contributed by atoms with Crippen molar-refractivity contribution in [2.45, 2.75) is 13.8 Å². The Labute approximate surface area is 113 Å². The first-order valence-electron chi connectivity index (χ1n) is 5.54. The summed E-state index contributed by atoms with van der Waals surface area (Å²) in [6, 6.07) is 4.48. The molecule has 0 N–H and O–H groups in total. The summed E-state index contributed by atoms with van der Waals surface area (Å²) >= 11 is 0.905. The molecule has 0 fully saturated rings. The number of hydrogen-bond donors (Lipinski definition) is 0. The van der Waals surface area contributed by atoms with Crippen LogP contribution < -0.4 is 4.74 Å². The maximum Gasteiger partial charge on any atom is 0.369 e. The van der Waals surface area contributed by atoms with Gasteiger partial charge in [0.25, 0.3) is 5.19 Å². The van der Waals surface area contributed by atoms with Crippen molar-refractivity contribution in [3.8, 4) is 10.9 Å². The standard InChI is InChI=1S/C12H11FN2O3S/c1-3-17-11(16)10-14-15-12(19-10)18-9-6-7(2)4-5-8(9)13/h4-6H,3H2,1-2H3. The fourth-order valence-electron chi connectivity index (χ4n) is 1.31. The van der Waals surface area contributed by atoms with Crippen molar-refractivity contribution >= 4 is 17.3 Å². The Kier molecular flexibility index (Phi) is 4.06. The highest BCUT2D eigenvalue weighted by atomic mass is 32.1. The van der Waals surface area contributed by atoms with Crippen molar-refractivity contribution in [2.24, 2.45) is 0 Å². The van der Waals surface area contributed by atoms with E-state index in [1.54, 1.807) is 19.1 Å². The molecule has 2 rings (SSSR count). The Hall–Kier alpha value is -2.02. The SMILES string of the molecule is CCOC(=O)c1nnc(Oc2cc(C)ccc2F)s1. The van der Waals surface area contributed by atoms with Crippen LogP contribution in [0, 0.1) is 12.7 Å². The number of halogens is 1. The largest absolute Gasteiger partial charge is 0.461 e. The van der Waals surface area contributed by atoms with E-state index in [9.17, 15) is 9.18 Å². The van der Waals surface area contributed by atoms with E-state index in [-0.39, 0.29) is 22.6 Å². The molecule has 100 valence electrons. The topological polar surface area (TPSA) is 61.3 Å². The van der Waals surface area contributed by atoms with Crippen LogP contribution in [0.3, 0.4) is 0 Å². The van der Waals surface area contributed by atoms with Crippen LogP contribution in [0.15, 0.2) is 18.2 Å².